The van der Waals surface area contributed by atoms with E-state index in [0.717, 1.165) is 5.76 Å². The van der Waals surface area contributed by atoms with Crippen molar-refractivity contribution >= 4 is 16.0 Å². The standard InChI is InChI=1S/C14H21NO5S/c1-9-7-8-12(20-9)10(2)15-21(17,18)13-6-4-5-11(13)14(16)19-3/h7-8,10-11,13,15H,4-6H2,1-3H3. The van der Waals surface area contributed by atoms with Crippen molar-refractivity contribution in [1.82, 2.24) is 4.72 Å². The fourth-order valence-corrected chi connectivity index (χ4v) is 4.74. The van der Waals surface area contributed by atoms with E-state index in [2.05, 4.69) is 4.72 Å². The Kier molecular flexibility index (Phi) is 4.73. The fraction of sp³-hybridized carbons (Fsp3) is 0.643. The molecule has 0 aromatic carbocycles. The molecule has 1 aliphatic rings. The summed E-state index contributed by atoms with van der Waals surface area (Å²) < 4.78 is 37.7. The van der Waals surface area contributed by atoms with Crippen LogP contribution >= 0.6 is 0 Å². The van der Waals surface area contributed by atoms with E-state index in [1.54, 1.807) is 26.0 Å². The van der Waals surface area contributed by atoms with Crippen LogP contribution in [0.5, 0.6) is 0 Å². The molecule has 0 aliphatic heterocycles. The van der Waals surface area contributed by atoms with Gasteiger partial charge in [-0.15, -0.1) is 0 Å². The number of hydrogen-bond donors (Lipinski definition) is 1. The monoisotopic (exact) mass is 315 g/mol. The molecule has 1 N–H and O–H groups in total. The number of esters is 1. The average molecular weight is 315 g/mol. The minimum atomic E-state index is -3.61. The molecule has 1 aromatic rings. The number of rotatable bonds is 5. The molecule has 3 unspecified atom stereocenters. The fourth-order valence-electron chi connectivity index (χ4n) is 2.80. The van der Waals surface area contributed by atoms with Crippen molar-refractivity contribution in [2.24, 2.45) is 5.92 Å². The Bertz CT molecular complexity index is 607. The van der Waals surface area contributed by atoms with Gasteiger partial charge >= 0.3 is 5.97 Å². The molecule has 0 radical (unpaired) electrons. The Morgan fingerprint density at radius 3 is 2.71 bits per heavy atom. The molecular formula is C14H21NO5S. The van der Waals surface area contributed by atoms with Crippen molar-refractivity contribution < 1.29 is 22.4 Å². The van der Waals surface area contributed by atoms with Gasteiger partial charge in [0.1, 0.15) is 11.5 Å². The van der Waals surface area contributed by atoms with E-state index in [1.807, 2.05) is 0 Å². The first-order valence-electron chi connectivity index (χ1n) is 7.00. The Hall–Kier alpha value is -1.34. The smallest absolute Gasteiger partial charge is 0.310 e. The molecule has 3 atom stereocenters. The summed E-state index contributed by atoms with van der Waals surface area (Å²) in [5.41, 5.74) is 0. The summed E-state index contributed by atoms with van der Waals surface area (Å²) in [6.07, 6.45) is 1.73. The van der Waals surface area contributed by atoms with Gasteiger partial charge in [0.2, 0.25) is 10.0 Å². The highest BCUT2D eigenvalue weighted by Crippen LogP contribution is 2.32. The quantitative estimate of drug-likeness (QED) is 0.839. The van der Waals surface area contributed by atoms with Gasteiger partial charge in [-0.1, -0.05) is 6.42 Å². The first-order chi connectivity index (χ1) is 9.85. The lowest BCUT2D eigenvalue weighted by Crippen LogP contribution is -2.40. The number of nitrogens with one attached hydrogen (secondary N) is 1. The van der Waals surface area contributed by atoms with Crippen molar-refractivity contribution in [3.05, 3.63) is 23.7 Å². The largest absolute Gasteiger partial charge is 0.469 e. The number of sulfonamides is 1. The third kappa shape index (κ3) is 3.47. The number of ether oxygens (including phenoxy) is 1. The zero-order chi connectivity index (χ0) is 15.6. The van der Waals surface area contributed by atoms with Crippen molar-refractivity contribution in [2.45, 2.75) is 44.4 Å². The van der Waals surface area contributed by atoms with E-state index in [4.69, 9.17) is 9.15 Å². The first-order valence-corrected chi connectivity index (χ1v) is 8.55. The number of carbonyl (C=O) groups is 1. The molecule has 1 fully saturated rings. The van der Waals surface area contributed by atoms with Crippen LogP contribution in [-0.4, -0.2) is 26.7 Å². The van der Waals surface area contributed by atoms with Crippen molar-refractivity contribution in [2.75, 3.05) is 7.11 Å². The van der Waals surface area contributed by atoms with Crippen molar-refractivity contribution in [3.8, 4) is 0 Å². The molecular weight excluding hydrogens is 294 g/mol. The van der Waals surface area contributed by atoms with Gasteiger partial charge in [0.15, 0.2) is 0 Å². The molecule has 7 heteroatoms. The molecule has 0 saturated heterocycles. The molecule has 0 spiro atoms. The molecule has 1 aliphatic carbocycles. The van der Waals surface area contributed by atoms with Gasteiger partial charge in [-0.05, 0) is 38.8 Å². The van der Waals surface area contributed by atoms with Crippen LogP contribution in [0, 0.1) is 12.8 Å². The van der Waals surface area contributed by atoms with E-state index < -0.39 is 33.2 Å². The van der Waals surface area contributed by atoms with E-state index in [9.17, 15) is 13.2 Å². The Morgan fingerprint density at radius 1 is 1.43 bits per heavy atom. The highest BCUT2D eigenvalue weighted by Gasteiger charge is 2.42. The van der Waals surface area contributed by atoms with Gasteiger partial charge in [0.25, 0.3) is 0 Å². The van der Waals surface area contributed by atoms with Gasteiger partial charge in [-0.2, -0.15) is 0 Å². The van der Waals surface area contributed by atoms with Crippen LogP contribution in [-0.2, 0) is 19.6 Å². The first kappa shape index (κ1) is 16.0. The predicted molar refractivity (Wildman–Crippen MR) is 77.1 cm³/mol. The average Bonchev–Trinajstić information content (AvgIpc) is 3.05. The van der Waals surface area contributed by atoms with Crippen LogP contribution in [0.15, 0.2) is 16.5 Å². The van der Waals surface area contributed by atoms with Crippen LogP contribution in [0.3, 0.4) is 0 Å². The third-order valence-corrected chi connectivity index (χ3v) is 5.93. The van der Waals surface area contributed by atoms with Crippen LogP contribution in [0.4, 0.5) is 0 Å². The van der Waals surface area contributed by atoms with E-state index in [1.165, 1.54) is 7.11 Å². The molecule has 1 heterocycles. The molecule has 0 amide bonds. The summed E-state index contributed by atoms with van der Waals surface area (Å²) >= 11 is 0. The van der Waals surface area contributed by atoms with E-state index in [0.29, 0.717) is 25.0 Å². The summed E-state index contributed by atoms with van der Waals surface area (Å²) in [5.74, 6) is 0.246. The Balaban J connectivity index is 2.12. The highest BCUT2D eigenvalue weighted by atomic mass is 32.2. The van der Waals surface area contributed by atoms with Crippen molar-refractivity contribution in [1.29, 1.82) is 0 Å². The van der Waals surface area contributed by atoms with Gasteiger partial charge in [-0.25, -0.2) is 13.1 Å². The normalized spacial score (nSPS) is 24.0. The van der Waals surface area contributed by atoms with Crippen molar-refractivity contribution in [3.63, 3.8) is 0 Å². The van der Waals surface area contributed by atoms with Gasteiger partial charge < -0.3 is 9.15 Å². The lowest BCUT2D eigenvalue weighted by Gasteiger charge is -2.20. The Labute approximate surface area is 124 Å². The molecule has 21 heavy (non-hydrogen) atoms. The second kappa shape index (κ2) is 6.19. The van der Waals surface area contributed by atoms with Gasteiger partial charge in [0, 0.05) is 0 Å². The van der Waals surface area contributed by atoms with Crippen LogP contribution < -0.4 is 4.72 Å². The van der Waals surface area contributed by atoms with E-state index in [-0.39, 0.29) is 0 Å². The summed E-state index contributed by atoms with van der Waals surface area (Å²) in [6.45, 7) is 3.52. The maximum atomic E-state index is 12.5. The maximum absolute atomic E-state index is 12.5. The molecule has 118 valence electrons. The zero-order valence-electron chi connectivity index (χ0n) is 12.5. The number of hydrogen-bond acceptors (Lipinski definition) is 5. The second-order valence-corrected chi connectivity index (χ2v) is 7.36. The second-order valence-electron chi connectivity index (χ2n) is 5.43. The molecule has 1 aromatic heterocycles. The molecule has 1 saturated carbocycles. The number of methoxy groups -OCH3 is 1. The van der Waals surface area contributed by atoms with E-state index >= 15 is 0 Å². The zero-order valence-corrected chi connectivity index (χ0v) is 13.3. The summed E-state index contributed by atoms with van der Waals surface area (Å²) in [5, 5.41) is -0.733. The summed E-state index contributed by atoms with van der Waals surface area (Å²) in [7, 11) is -2.33. The van der Waals surface area contributed by atoms with Crippen LogP contribution in [0.2, 0.25) is 0 Å². The lowest BCUT2D eigenvalue weighted by molar-refractivity contribution is -0.145. The number of furan rings is 1. The van der Waals surface area contributed by atoms with Gasteiger partial charge in [0.05, 0.1) is 24.3 Å². The minimum absolute atomic E-state index is 0.454. The topological polar surface area (TPSA) is 85.6 Å². The SMILES string of the molecule is COC(=O)C1CCCC1S(=O)(=O)NC(C)c1ccc(C)o1. The number of carbonyl (C=O) groups excluding carboxylic acids is 1. The number of aryl methyl sites for hydroxylation is 1. The van der Waals surface area contributed by atoms with Crippen LogP contribution in [0.25, 0.3) is 0 Å². The highest BCUT2D eigenvalue weighted by molar-refractivity contribution is 7.90. The minimum Gasteiger partial charge on any atom is -0.469 e. The predicted octanol–water partition coefficient (Wildman–Crippen LogP) is 1.91. The van der Waals surface area contributed by atoms with Crippen LogP contribution in [0.1, 0.15) is 43.7 Å². The Morgan fingerprint density at radius 2 is 2.14 bits per heavy atom. The summed E-state index contributed by atoms with van der Waals surface area (Å²) in [4.78, 5) is 11.7. The maximum Gasteiger partial charge on any atom is 0.310 e. The molecule has 6 nitrogen and oxygen atoms in total. The van der Waals surface area contributed by atoms with Gasteiger partial charge in [-0.3, -0.25) is 4.79 Å². The summed E-state index contributed by atoms with van der Waals surface area (Å²) in [6, 6.07) is 3.06. The third-order valence-electron chi connectivity index (χ3n) is 3.88. The molecule has 2 rings (SSSR count). The molecule has 0 bridgehead atoms. The lowest BCUT2D eigenvalue weighted by atomic mass is 10.1.